The topological polar surface area (TPSA) is 53.1 Å². The SMILES string of the molecule is c1ccc(CNCc2cccc(CN3CCNCCCCCCc4cccc(n4)CC3)c2)nc1. The molecule has 2 aromatic heterocycles. The Morgan fingerprint density at radius 1 is 0.765 bits per heavy atom. The van der Waals surface area contributed by atoms with E-state index in [1.54, 1.807) is 0 Å². The van der Waals surface area contributed by atoms with Gasteiger partial charge in [-0.2, -0.15) is 0 Å². The van der Waals surface area contributed by atoms with Crippen LogP contribution >= 0.6 is 0 Å². The van der Waals surface area contributed by atoms with Gasteiger partial charge in [-0.15, -0.1) is 0 Å². The van der Waals surface area contributed by atoms with E-state index in [1.165, 1.54) is 48.2 Å². The van der Waals surface area contributed by atoms with Crippen molar-refractivity contribution in [3.8, 4) is 0 Å². The highest BCUT2D eigenvalue weighted by molar-refractivity contribution is 5.23. The molecule has 0 spiro atoms. The zero-order valence-corrected chi connectivity index (χ0v) is 20.4. The van der Waals surface area contributed by atoms with Crippen LogP contribution in [0.2, 0.25) is 0 Å². The van der Waals surface area contributed by atoms with Gasteiger partial charge in [0.25, 0.3) is 0 Å². The molecule has 4 rings (SSSR count). The normalized spacial score (nSPS) is 16.5. The Bertz CT molecular complexity index is 975. The van der Waals surface area contributed by atoms with E-state index >= 15 is 0 Å². The molecule has 1 aliphatic heterocycles. The molecule has 3 heterocycles. The molecule has 0 fully saturated rings. The number of aromatic nitrogens is 2. The standard InChI is InChI=1S/C29H39N5/c1-2-5-16-30-18-20-34(19-15-28-14-8-13-27(33-28)11-3-1)24-26-10-7-9-25(21-26)22-31-23-29-12-4-6-17-32-29/h4,6-10,12-14,17,21,30-31H,1-3,5,11,15-16,18-20,22-24H2. The monoisotopic (exact) mass is 457 g/mol. The molecule has 1 aromatic carbocycles. The maximum Gasteiger partial charge on any atom is 0.0541 e. The van der Waals surface area contributed by atoms with Crippen molar-refractivity contribution < 1.29 is 0 Å². The van der Waals surface area contributed by atoms with Crippen LogP contribution in [0.3, 0.4) is 0 Å². The summed E-state index contributed by atoms with van der Waals surface area (Å²) < 4.78 is 0. The number of hydrogen-bond acceptors (Lipinski definition) is 5. The lowest BCUT2D eigenvalue weighted by atomic mass is 10.1. The summed E-state index contributed by atoms with van der Waals surface area (Å²) in [6.45, 7) is 6.85. The zero-order valence-electron chi connectivity index (χ0n) is 20.4. The van der Waals surface area contributed by atoms with E-state index < -0.39 is 0 Å². The Morgan fingerprint density at radius 3 is 2.53 bits per heavy atom. The molecule has 5 nitrogen and oxygen atoms in total. The van der Waals surface area contributed by atoms with Crippen LogP contribution in [0.4, 0.5) is 0 Å². The summed E-state index contributed by atoms with van der Waals surface area (Å²) in [6.07, 6.45) is 9.06. The number of pyridine rings is 2. The van der Waals surface area contributed by atoms with Crippen LogP contribution in [0.25, 0.3) is 0 Å². The van der Waals surface area contributed by atoms with Crippen molar-refractivity contribution in [3.63, 3.8) is 0 Å². The molecule has 0 atom stereocenters. The van der Waals surface area contributed by atoms with Gasteiger partial charge in [-0.25, -0.2) is 0 Å². The highest BCUT2D eigenvalue weighted by Gasteiger charge is 2.09. The predicted molar refractivity (Wildman–Crippen MR) is 139 cm³/mol. The fourth-order valence-corrected chi connectivity index (χ4v) is 4.56. The lowest BCUT2D eigenvalue weighted by Crippen LogP contribution is -2.33. The average molecular weight is 458 g/mol. The maximum absolute atomic E-state index is 4.94. The third-order valence-corrected chi connectivity index (χ3v) is 6.45. The first-order valence-corrected chi connectivity index (χ1v) is 12.9. The summed E-state index contributed by atoms with van der Waals surface area (Å²) in [7, 11) is 0. The van der Waals surface area contributed by atoms with Crippen molar-refractivity contribution in [2.24, 2.45) is 0 Å². The molecule has 3 aromatic rings. The van der Waals surface area contributed by atoms with Gasteiger partial charge in [-0.05, 0) is 61.2 Å². The highest BCUT2D eigenvalue weighted by atomic mass is 15.1. The third kappa shape index (κ3) is 8.64. The molecule has 0 saturated carbocycles. The van der Waals surface area contributed by atoms with Gasteiger partial charge >= 0.3 is 0 Å². The Labute approximate surface area is 205 Å². The number of nitrogens with zero attached hydrogens (tertiary/aromatic N) is 3. The van der Waals surface area contributed by atoms with Crippen LogP contribution in [0, 0.1) is 0 Å². The molecule has 0 saturated heterocycles. The summed E-state index contributed by atoms with van der Waals surface area (Å²) in [5, 5.41) is 7.18. The molecule has 180 valence electrons. The van der Waals surface area contributed by atoms with Crippen molar-refractivity contribution >= 4 is 0 Å². The molecule has 34 heavy (non-hydrogen) atoms. The van der Waals surface area contributed by atoms with Gasteiger partial charge in [-0.3, -0.25) is 14.9 Å². The van der Waals surface area contributed by atoms with Crippen molar-refractivity contribution in [2.45, 2.75) is 58.2 Å². The first kappa shape index (κ1) is 24.5. The molecule has 0 aliphatic carbocycles. The minimum Gasteiger partial charge on any atom is -0.315 e. The Kier molecular flexibility index (Phi) is 10.1. The van der Waals surface area contributed by atoms with Crippen LogP contribution < -0.4 is 10.6 Å². The second-order valence-electron chi connectivity index (χ2n) is 9.31. The molecule has 1 aliphatic rings. The fourth-order valence-electron chi connectivity index (χ4n) is 4.56. The Morgan fingerprint density at radius 2 is 1.62 bits per heavy atom. The molecule has 2 N–H and O–H groups in total. The smallest absolute Gasteiger partial charge is 0.0541 e. The average Bonchev–Trinajstić information content (AvgIpc) is 2.87. The van der Waals surface area contributed by atoms with E-state index in [9.17, 15) is 0 Å². The van der Waals surface area contributed by atoms with Crippen LogP contribution in [0.1, 0.15) is 53.9 Å². The van der Waals surface area contributed by atoms with Gasteiger partial charge in [0.05, 0.1) is 5.69 Å². The summed E-state index contributed by atoms with van der Waals surface area (Å²) in [5.74, 6) is 0. The fraction of sp³-hybridized carbons (Fsp3) is 0.448. The molecular formula is C29H39N5. The molecular weight excluding hydrogens is 418 g/mol. The lowest BCUT2D eigenvalue weighted by molar-refractivity contribution is 0.267. The number of aryl methyl sites for hydroxylation is 1. The first-order chi connectivity index (χ1) is 16.8. The number of nitrogens with one attached hydrogen (secondary N) is 2. The number of hydrogen-bond donors (Lipinski definition) is 2. The zero-order chi connectivity index (χ0) is 23.3. The number of fused-ring (bicyclic) bond motifs is 2. The molecule has 0 amide bonds. The van der Waals surface area contributed by atoms with E-state index in [2.05, 4.69) is 69.0 Å². The lowest BCUT2D eigenvalue weighted by Gasteiger charge is -2.23. The molecule has 0 unspecified atom stereocenters. The van der Waals surface area contributed by atoms with Gasteiger partial charge in [0.1, 0.15) is 0 Å². The summed E-state index contributed by atoms with van der Waals surface area (Å²) in [6, 6.07) is 21.6. The number of rotatable bonds is 6. The minimum absolute atomic E-state index is 0.787. The van der Waals surface area contributed by atoms with Crippen molar-refractivity contribution in [1.29, 1.82) is 0 Å². The van der Waals surface area contributed by atoms with E-state index in [4.69, 9.17) is 4.98 Å². The highest BCUT2D eigenvalue weighted by Crippen LogP contribution is 2.12. The molecule has 2 bridgehead atoms. The minimum atomic E-state index is 0.787. The van der Waals surface area contributed by atoms with E-state index in [-0.39, 0.29) is 0 Å². The number of benzene rings is 1. The second-order valence-corrected chi connectivity index (χ2v) is 9.31. The summed E-state index contributed by atoms with van der Waals surface area (Å²) in [5.41, 5.74) is 6.24. The largest absolute Gasteiger partial charge is 0.315 e. The van der Waals surface area contributed by atoms with Gasteiger partial charge in [-0.1, -0.05) is 49.2 Å². The Balaban J connectivity index is 1.35. The van der Waals surface area contributed by atoms with Crippen LogP contribution in [-0.2, 0) is 32.5 Å². The summed E-state index contributed by atoms with van der Waals surface area (Å²) in [4.78, 5) is 11.9. The predicted octanol–water partition coefficient (Wildman–Crippen LogP) is 4.52. The Hall–Kier alpha value is -2.60. The molecule has 5 heteroatoms. The van der Waals surface area contributed by atoms with Gasteiger partial charge in [0.2, 0.25) is 0 Å². The van der Waals surface area contributed by atoms with Crippen LogP contribution in [0.5, 0.6) is 0 Å². The van der Waals surface area contributed by atoms with E-state index in [0.29, 0.717) is 0 Å². The third-order valence-electron chi connectivity index (χ3n) is 6.45. The van der Waals surface area contributed by atoms with Gasteiger partial charge < -0.3 is 10.6 Å². The van der Waals surface area contributed by atoms with Crippen LogP contribution in [0.15, 0.2) is 66.9 Å². The van der Waals surface area contributed by atoms with E-state index in [1.807, 2.05) is 18.3 Å². The summed E-state index contributed by atoms with van der Waals surface area (Å²) >= 11 is 0. The maximum atomic E-state index is 4.94. The molecule has 0 radical (unpaired) electrons. The second kappa shape index (κ2) is 14.0. The van der Waals surface area contributed by atoms with Gasteiger partial charge in [0.15, 0.2) is 0 Å². The van der Waals surface area contributed by atoms with Gasteiger partial charge in [0, 0.05) is 63.3 Å². The van der Waals surface area contributed by atoms with Crippen LogP contribution in [-0.4, -0.2) is 41.0 Å². The van der Waals surface area contributed by atoms with E-state index in [0.717, 1.165) is 64.3 Å². The van der Waals surface area contributed by atoms with Crippen molar-refractivity contribution in [3.05, 3.63) is 95.1 Å². The van der Waals surface area contributed by atoms with Crippen molar-refractivity contribution in [2.75, 3.05) is 26.2 Å². The van der Waals surface area contributed by atoms with Crippen molar-refractivity contribution in [1.82, 2.24) is 25.5 Å². The first-order valence-electron chi connectivity index (χ1n) is 12.9. The quantitative estimate of drug-likeness (QED) is 0.570.